The molecule has 0 aromatic heterocycles. The van der Waals surface area contributed by atoms with Crippen molar-refractivity contribution in [2.24, 2.45) is 5.92 Å². The number of nitro benzene ring substituents is 1. The Kier molecular flexibility index (Phi) is 2.96. The lowest BCUT2D eigenvalue weighted by Gasteiger charge is -2.37. The largest absolute Gasteiger partial charge is 0.393 e. The maximum Gasteiger partial charge on any atom is 0.292 e. The van der Waals surface area contributed by atoms with Crippen LogP contribution >= 0.6 is 0 Å². The second-order valence-corrected chi connectivity index (χ2v) is 5.25. The highest BCUT2D eigenvalue weighted by molar-refractivity contribution is 5.83. The van der Waals surface area contributed by atoms with Crippen molar-refractivity contribution in [3.63, 3.8) is 0 Å². The standard InChI is InChI=1S/C13H16N4O3/c14-10-6-8(3-4-11(10)17(19)20)16-5-1-2-9-12(16)7-15-13(9)18/h3-4,6,9,12H,1-2,5,7,14H2,(H,15,18). The monoisotopic (exact) mass is 276 g/mol. The van der Waals surface area contributed by atoms with Crippen molar-refractivity contribution in [3.8, 4) is 0 Å². The normalized spacial score (nSPS) is 25.2. The van der Waals surface area contributed by atoms with Gasteiger partial charge in [-0.25, -0.2) is 0 Å². The van der Waals surface area contributed by atoms with E-state index in [1.165, 1.54) is 6.07 Å². The van der Waals surface area contributed by atoms with Crippen LogP contribution < -0.4 is 16.0 Å². The maximum atomic E-state index is 11.7. The lowest BCUT2D eigenvalue weighted by Crippen LogP contribution is -2.45. The van der Waals surface area contributed by atoms with Crippen molar-refractivity contribution in [1.29, 1.82) is 0 Å². The molecule has 2 saturated heterocycles. The van der Waals surface area contributed by atoms with E-state index in [9.17, 15) is 14.9 Å². The summed E-state index contributed by atoms with van der Waals surface area (Å²) in [6.45, 7) is 1.47. The molecule has 7 nitrogen and oxygen atoms in total. The van der Waals surface area contributed by atoms with E-state index in [0.717, 1.165) is 25.1 Å². The van der Waals surface area contributed by atoms with Gasteiger partial charge < -0.3 is 16.0 Å². The van der Waals surface area contributed by atoms with Gasteiger partial charge in [-0.15, -0.1) is 0 Å². The van der Waals surface area contributed by atoms with Gasteiger partial charge in [0.25, 0.3) is 5.69 Å². The molecule has 3 rings (SSSR count). The molecule has 106 valence electrons. The van der Waals surface area contributed by atoms with Crippen LogP contribution in [-0.4, -0.2) is 30.0 Å². The molecule has 2 unspecified atom stereocenters. The summed E-state index contributed by atoms with van der Waals surface area (Å²) in [7, 11) is 0. The number of nitrogens with two attached hydrogens (primary N) is 1. The van der Waals surface area contributed by atoms with Gasteiger partial charge in [0.1, 0.15) is 5.69 Å². The van der Waals surface area contributed by atoms with E-state index >= 15 is 0 Å². The van der Waals surface area contributed by atoms with Crippen LogP contribution in [0, 0.1) is 16.0 Å². The van der Waals surface area contributed by atoms with Gasteiger partial charge in [0.05, 0.1) is 16.9 Å². The fourth-order valence-corrected chi connectivity index (χ4v) is 3.16. The number of nitrogens with zero attached hydrogens (tertiary/aromatic N) is 2. The number of piperidine rings is 1. The van der Waals surface area contributed by atoms with Crippen LogP contribution in [0.15, 0.2) is 18.2 Å². The van der Waals surface area contributed by atoms with Gasteiger partial charge in [-0.2, -0.15) is 0 Å². The smallest absolute Gasteiger partial charge is 0.292 e. The third-order valence-electron chi connectivity index (χ3n) is 4.14. The molecule has 0 bridgehead atoms. The summed E-state index contributed by atoms with van der Waals surface area (Å²) < 4.78 is 0. The molecule has 0 aliphatic carbocycles. The van der Waals surface area contributed by atoms with Crippen LogP contribution in [-0.2, 0) is 4.79 Å². The van der Waals surface area contributed by atoms with E-state index in [4.69, 9.17) is 5.73 Å². The van der Waals surface area contributed by atoms with Crippen LogP contribution in [0.5, 0.6) is 0 Å². The predicted octanol–water partition coefficient (Wildman–Crippen LogP) is 0.892. The molecule has 2 aliphatic rings. The molecular weight excluding hydrogens is 260 g/mol. The highest BCUT2D eigenvalue weighted by atomic mass is 16.6. The summed E-state index contributed by atoms with van der Waals surface area (Å²) in [5, 5.41) is 13.7. The lowest BCUT2D eigenvalue weighted by atomic mass is 9.91. The zero-order valence-corrected chi connectivity index (χ0v) is 10.9. The van der Waals surface area contributed by atoms with Crippen molar-refractivity contribution in [1.82, 2.24) is 5.32 Å². The fourth-order valence-electron chi connectivity index (χ4n) is 3.16. The second-order valence-electron chi connectivity index (χ2n) is 5.25. The van der Waals surface area contributed by atoms with Crippen LogP contribution in [0.3, 0.4) is 0 Å². The molecule has 1 aromatic carbocycles. The van der Waals surface area contributed by atoms with E-state index in [2.05, 4.69) is 10.2 Å². The lowest BCUT2D eigenvalue weighted by molar-refractivity contribution is -0.383. The van der Waals surface area contributed by atoms with E-state index < -0.39 is 4.92 Å². The summed E-state index contributed by atoms with van der Waals surface area (Å²) in [5.41, 5.74) is 6.67. The van der Waals surface area contributed by atoms with Gasteiger partial charge in [0, 0.05) is 24.8 Å². The number of nitro groups is 1. The molecule has 3 N–H and O–H groups in total. The Balaban J connectivity index is 1.90. The first-order chi connectivity index (χ1) is 9.58. The molecule has 1 amide bonds. The molecule has 0 spiro atoms. The number of nitrogen functional groups attached to an aromatic ring is 1. The molecule has 2 aliphatic heterocycles. The van der Waals surface area contributed by atoms with Gasteiger partial charge >= 0.3 is 0 Å². The average molecular weight is 276 g/mol. The topological polar surface area (TPSA) is 102 Å². The Morgan fingerprint density at radius 3 is 2.95 bits per heavy atom. The third kappa shape index (κ3) is 1.95. The molecule has 20 heavy (non-hydrogen) atoms. The van der Waals surface area contributed by atoms with Crippen LogP contribution in [0.1, 0.15) is 12.8 Å². The summed E-state index contributed by atoms with van der Waals surface area (Å²) in [4.78, 5) is 24.2. The molecule has 0 radical (unpaired) electrons. The highest BCUT2D eigenvalue weighted by Gasteiger charge is 2.40. The number of benzene rings is 1. The first-order valence-corrected chi connectivity index (χ1v) is 6.66. The summed E-state index contributed by atoms with van der Waals surface area (Å²) in [5.74, 6) is 0.120. The minimum absolute atomic E-state index is 0.0140. The number of anilines is 2. The average Bonchev–Trinajstić information content (AvgIpc) is 2.80. The van der Waals surface area contributed by atoms with E-state index in [1.807, 2.05) is 0 Å². The van der Waals surface area contributed by atoms with Crippen LogP contribution in [0.2, 0.25) is 0 Å². The van der Waals surface area contributed by atoms with Crippen molar-refractivity contribution < 1.29 is 9.72 Å². The molecule has 2 fully saturated rings. The van der Waals surface area contributed by atoms with E-state index in [0.29, 0.717) is 6.54 Å². The first kappa shape index (κ1) is 12.7. The van der Waals surface area contributed by atoms with Gasteiger partial charge in [0.15, 0.2) is 0 Å². The molecular formula is C13H16N4O3. The Morgan fingerprint density at radius 2 is 2.25 bits per heavy atom. The van der Waals surface area contributed by atoms with Crippen molar-refractivity contribution in [2.75, 3.05) is 23.7 Å². The van der Waals surface area contributed by atoms with E-state index in [1.54, 1.807) is 12.1 Å². The van der Waals surface area contributed by atoms with Crippen LogP contribution in [0.4, 0.5) is 17.1 Å². The quantitative estimate of drug-likeness (QED) is 0.474. The molecule has 2 heterocycles. The van der Waals surface area contributed by atoms with Crippen molar-refractivity contribution >= 4 is 23.0 Å². The number of carbonyl (C=O) groups is 1. The van der Waals surface area contributed by atoms with Gasteiger partial charge in [0.2, 0.25) is 5.91 Å². The first-order valence-electron chi connectivity index (χ1n) is 6.66. The number of rotatable bonds is 2. The molecule has 0 saturated carbocycles. The Morgan fingerprint density at radius 1 is 1.45 bits per heavy atom. The fraction of sp³-hybridized carbons (Fsp3) is 0.462. The number of hydrogen-bond donors (Lipinski definition) is 2. The van der Waals surface area contributed by atoms with Gasteiger partial charge in [-0.05, 0) is 25.0 Å². The number of carbonyl (C=O) groups excluding carboxylic acids is 1. The highest BCUT2D eigenvalue weighted by Crippen LogP contribution is 2.34. The SMILES string of the molecule is Nc1cc(N2CCCC3C(=O)NCC32)ccc1[N+](=O)[O-]. The summed E-state index contributed by atoms with van der Waals surface area (Å²) in [6.07, 6.45) is 1.83. The number of nitrogens with one attached hydrogen (secondary N) is 1. The minimum Gasteiger partial charge on any atom is -0.393 e. The number of hydrogen-bond acceptors (Lipinski definition) is 5. The Hall–Kier alpha value is -2.31. The molecule has 1 aromatic rings. The summed E-state index contributed by atoms with van der Waals surface area (Å²) >= 11 is 0. The predicted molar refractivity (Wildman–Crippen MR) is 74.4 cm³/mol. The second kappa shape index (κ2) is 4.66. The maximum absolute atomic E-state index is 11.7. The van der Waals surface area contributed by atoms with E-state index in [-0.39, 0.29) is 29.2 Å². The molecule has 2 atom stereocenters. The summed E-state index contributed by atoms with van der Waals surface area (Å²) in [6, 6.07) is 4.89. The number of fused-ring (bicyclic) bond motifs is 1. The minimum atomic E-state index is -0.487. The zero-order chi connectivity index (χ0) is 14.3. The number of amides is 1. The van der Waals surface area contributed by atoms with Gasteiger partial charge in [-0.1, -0.05) is 0 Å². The van der Waals surface area contributed by atoms with Crippen molar-refractivity contribution in [3.05, 3.63) is 28.3 Å². The Labute approximate surface area is 115 Å². The zero-order valence-electron chi connectivity index (χ0n) is 10.9. The third-order valence-corrected chi connectivity index (χ3v) is 4.14. The van der Waals surface area contributed by atoms with Crippen LogP contribution in [0.25, 0.3) is 0 Å². The Bertz CT molecular complexity index is 575. The van der Waals surface area contributed by atoms with Gasteiger partial charge in [-0.3, -0.25) is 14.9 Å². The molecule has 7 heteroatoms. The van der Waals surface area contributed by atoms with Crippen molar-refractivity contribution in [2.45, 2.75) is 18.9 Å².